The molecule has 0 bridgehead atoms. The Bertz CT molecular complexity index is 1490. The van der Waals surface area contributed by atoms with Crippen LogP contribution in [0.5, 0.6) is 0 Å². The van der Waals surface area contributed by atoms with Crippen LogP contribution in [0.25, 0.3) is 33.4 Å². The number of methoxy groups -OCH3 is 1. The summed E-state index contributed by atoms with van der Waals surface area (Å²) < 4.78 is 15.1. The van der Waals surface area contributed by atoms with E-state index in [2.05, 4.69) is 130 Å². The molecular formula is C39H60N4O2S+2. The van der Waals surface area contributed by atoms with Crippen LogP contribution in [0.1, 0.15) is 61.3 Å². The number of hydrogen-bond acceptors (Lipinski definition) is 5. The lowest BCUT2D eigenvalue weighted by molar-refractivity contribution is -0.923. The fourth-order valence-electron chi connectivity index (χ4n) is 6.16. The molecule has 0 spiro atoms. The molecule has 4 rings (SSSR count). The molecule has 0 fully saturated rings. The number of benzene rings is 3. The molecule has 1 heterocycles. The van der Waals surface area contributed by atoms with E-state index in [1.54, 1.807) is 7.11 Å². The van der Waals surface area contributed by atoms with E-state index < -0.39 is 0 Å². The molecule has 0 aromatic heterocycles. The van der Waals surface area contributed by atoms with Crippen molar-refractivity contribution in [2.75, 3.05) is 71.4 Å². The van der Waals surface area contributed by atoms with E-state index in [-0.39, 0.29) is 0 Å². The summed E-state index contributed by atoms with van der Waals surface area (Å²) in [6, 6.07) is 23.9. The summed E-state index contributed by atoms with van der Waals surface area (Å²) in [5, 5.41) is 3.10. The number of hydrogen-bond donors (Lipinski definition) is 1. The molecule has 0 saturated carbocycles. The second-order valence-corrected chi connectivity index (χ2v) is 11.7. The predicted octanol–water partition coefficient (Wildman–Crippen LogP) is 8.05. The smallest absolute Gasteiger partial charge is 0.203 e. The molecule has 1 aliphatic carbocycles. The van der Waals surface area contributed by atoms with Crippen LogP contribution in [0, 0.1) is 0 Å². The monoisotopic (exact) mass is 648 g/mol. The number of anilines is 1. The maximum Gasteiger partial charge on any atom is 0.203 e. The Kier molecular flexibility index (Phi) is 17.0. The molecule has 0 unspecified atom stereocenters. The summed E-state index contributed by atoms with van der Waals surface area (Å²) in [7, 11) is 3.16. The molecule has 7 heteroatoms. The molecule has 252 valence electrons. The predicted molar refractivity (Wildman–Crippen MR) is 204 cm³/mol. The second-order valence-electron chi connectivity index (χ2n) is 11.2. The zero-order valence-corrected chi connectivity index (χ0v) is 30.9. The summed E-state index contributed by atoms with van der Waals surface area (Å²) in [6.07, 6.45) is 2.06. The highest BCUT2D eigenvalue weighted by atomic mass is 32.1. The third kappa shape index (κ3) is 9.87. The van der Waals surface area contributed by atoms with E-state index in [1.807, 2.05) is 0 Å². The number of quaternary nitrogens is 1. The Morgan fingerprint density at radius 2 is 1.48 bits per heavy atom. The van der Waals surface area contributed by atoms with Gasteiger partial charge in [0, 0.05) is 60.3 Å². The van der Waals surface area contributed by atoms with Gasteiger partial charge in [-0.25, -0.2) is 4.58 Å². The van der Waals surface area contributed by atoms with Crippen LogP contribution < -0.4 is 20.6 Å². The summed E-state index contributed by atoms with van der Waals surface area (Å²) in [4.78, 5) is 2.35. The van der Waals surface area contributed by atoms with E-state index in [0.29, 0.717) is 0 Å². The fraction of sp³-hybridized carbons (Fsp3) is 0.487. The van der Waals surface area contributed by atoms with Crippen molar-refractivity contribution in [1.82, 2.24) is 4.58 Å². The average Bonchev–Trinajstić information content (AvgIpc) is 3.11. The standard InChI is InChI=1S/C27H31N2O.C11H24NOS.CH5N/c1-5-28(6-2)21-14-16-23-25(18-21)30-26-19-22(29(7-3)8-4)15-17-24(26)27(23)20-12-10-9-11-13-20;1-5-12(6-2,7-3)10-8-9-11(14)13-4;1-2/h9-19H,5-8H2,1-4H3;5-10H2,1-4H3;2H2,1H3/q2*+1;. The summed E-state index contributed by atoms with van der Waals surface area (Å²) in [6.45, 7) is 24.3. The minimum Gasteiger partial charge on any atom is -0.490 e. The summed E-state index contributed by atoms with van der Waals surface area (Å²) in [5.74, 6) is 0.933. The van der Waals surface area contributed by atoms with E-state index in [0.717, 1.165) is 66.4 Å². The topological polar surface area (TPSA) is 54.6 Å². The number of nitrogens with zero attached hydrogens (tertiary/aromatic N) is 3. The van der Waals surface area contributed by atoms with Gasteiger partial charge in [-0.15, -0.1) is 0 Å². The molecule has 2 aromatic carbocycles. The van der Waals surface area contributed by atoms with Gasteiger partial charge in [0.15, 0.2) is 5.05 Å². The van der Waals surface area contributed by atoms with Crippen LogP contribution >= 0.6 is 12.2 Å². The molecule has 2 aliphatic rings. The van der Waals surface area contributed by atoms with Gasteiger partial charge in [-0.3, -0.25) is 0 Å². The Hall–Kier alpha value is -3.26. The zero-order valence-electron chi connectivity index (χ0n) is 30.1. The van der Waals surface area contributed by atoms with Gasteiger partial charge in [-0.05, 0) is 91.5 Å². The maximum atomic E-state index is 6.51. The number of fused-ring (bicyclic) bond motifs is 2. The van der Waals surface area contributed by atoms with Gasteiger partial charge in [-0.1, -0.05) is 30.3 Å². The Labute approximate surface area is 284 Å². The van der Waals surface area contributed by atoms with Crippen LogP contribution in [0.15, 0.2) is 71.1 Å². The van der Waals surface area contributed by atoms with Gasteiger partial charge in [-0.2, -0.15) is 0 Å². The first-order valence-electron chi connectivity index (χ1n) is 17.2. The lowest BCUT2D eigenvalue weighted by Crippen LogP contribution is -2.48. The van der Waals surface area contributed by atoms with Gasteiger partial charge in [0.2, 0.25) is 5.36 Å². The molecule has 0 saturated heterocycles. The highest BCUT2D eigenvalue weighted by Gasteiger charge is 2.20. The van der Waals surface area contributed by atoms with Crippen LogP contribution in [0.2, 0.25) is 0 Å². The molecule has 0 atom stereocenters. The molecule has 2 N–H and O–H groups in total. The minimum absolute atomic E-state index is 0.742. The lowest BCUT2D eigenvalue weighted by atomic mass is 9.93. The van der Waals surface area contributed by atoms with Crippen molar-refractivity contribution in [2.24, 2.45) is 5.73 Å². The Morgan fingerprint density at radius 1 is 0.848 bits per heavy atom. The van der Waals surface area contributed by atoms with Gasteiger partial charge < -0.3 is 24.3 Å². The van der Waals surface area contributed by atoms with Crippen LogP contribution in [0.4, 0.5) is 5.69 Å². The number of thiocarbonyl (C=S) groups is 1. The van der Waals surface area contributed by atoms with Crippen LogP contribution in [-0.4, -0.2) is 76.0 Å². The molecular weight excluding hydrogens is 589 g/mol. The first kappa shape index (κ1) is 38.9. The third-order valence-electron chi connectivity index (χ3n) is 9.26. The largest absolute Gasteiger partial charge is 0.490 e. The van der Waals surface area contributed by atoms with E-state index in [4.69, 9.17) is 21.4 Å². The van der Waals surface area contributed by atoms with Crippen LogP contribution in [0.3, 0.4) is 0 Å². The Balaban J connectivity index is 0.000000390. The first-order valence-corrected chi connectivity index (χ1v) is 17.6. The van der Waals surface area contributed by atoms with Gasteiger partial charge in [0.25, 0.3) is 0 Å². The first-order chi connectivity index (χ1) is 22.3. The maximum absolute atomic E-state index is 6.51. The minimum atomic E-state index is 0.742. The quantitative estimate of drug-likeness (QED) is 0.0688. The van der Waals surface area contributed by atoms with Crippen molar-refractivity contribution in [2.45, 2.75) is 61.3 Å². The van der Waals surface area contributed by atoms with E-state index in [1.165, 1.54) is 59.9 Å². The van der Waals surface area contributed by atoms with Crippen LogP contribution in [-0.2, 0) is 4.74 Å². The molecule has 2 aromatic rings. The van der Waals surface area contributed by atoms with E-state index >= 15 is 0 Å². The van der Waals surface area contributed by atoms with Crippen molar-refractivity contribution in [3.8, 4) is 22.5 Å². The zero-order chi connectivity index (χ0) is 34.1. The van der Waals surface area contributed by atoms with E-state index in [9.17, 15) is 0 Å². The highest BCUT2D eigenvalue weighted by molar-refractivity contribution is 7.80. The molecule has 1 aliphatic heterocycles. The van der Waals surface area contributed by atoms with Gasteiger partial charge >= 0.3 is 0 Å². The van der Waals surface area contributed by atoms with Crippen molar-refractivity contribution in [3.05, 3.63) is 72.1 Å². The van der Waals surface area contributed by atoms with Gasteiger partial charge in [0.05, 0.1) is 39.4 Å². The van der Waals surface area contributed by atoms with Crippen molar-refractivity contribution in [1.29, 1.82) is 0 Å². The summed E-state index contributed by atoms with van der Waals surface area (Å²) >= 11 is 5.02. The van der Waals surface area contributed by atoms with Crippen molar-refractivity contribution in [3.63, 3.8) is 0 Å². The van der Waals surface area contributed by atoms with Gasteiger partial charge in [0.1, 0.15) is 24.4 Å². The van der Waals surface area contributed by atoms with Crippen molar-refractivity contribution < 1.29 is 13.6 Å². The van der Waals surface area contributed by atoms with Crippen molar-refractivity contribution >= 4 is 33.9 Å². The highest BCUT2D eigenvalue weighted by Crippen LogP contribution is 2.40. The molecule has 6 nitrogen and oxygen atoms in total. The fourth-order valence-corrected chi connectivity index (χ4v) is 6.30. The number of nitrogens with two attached hydrogens (primary N) is 1. The second kappa shape index (κ2) is 20.1. The summed E-state index contributed by atoms with van der Waals surface area (Å²) in [5.41, 5.74) is 10.2. The SMILES string of the molecule is CCN(CC)c1ccc2c(-c3ccccc3)c3ccc(=[N+](CC)CC)cc-3oc2c1.CC[N+](CC)(CC)CCCC(=S)OC.CN. The normalized spacial score (nSPS) is 10.9. The lowest BCUT2D eigenvalue weighted by Gasteiger charge is -2.35. The molecule has 0 radical (unpaired) electrons. The number of ether oxygens (including phenoxy) is 1. The molecule has 46 heavy (non-hydrogen) atoms. The number of rotatable bonds is 13. The average molecular weight is 649 g/mol. The third-order valence-corrected chi connectivity index (χ3v) is 9.63. The Morgan fingerprint density at radius 3 is 2.02 bits per heavy atom. The molecule has 0 amide bonds.